The van der Waals surface area contributed by atoms with Crippen LogP contribution >= 0.6 is 0 Å². The summed E-state index contributed by atoms with van der Waals surface area (Å²) >= 11 is 0. The number of aromatic amines is 1. The Labute approximate surface area is 154 Å². The van der Waals surface area contributed by atoms with Crippen LogP contribution in [0.5, 0.6) is 0 Å². The fraction of sp³-hybridized carbons (Fsp3) is 0.412. The summed E-state index contributed by atoms with van der Waals surface area (Å²) in [5.74, 6) is 1.61. The number of rotatable bonds is 4. The van der Waals surface area contributed by atoms with E-state index in [0.29, 0.717) is 24.5 Å². The number of hydrogen-bond acceptors (Lipinski definition) is 6. The standard InChI is InChI=1S/C17H19FN8O/c1-11-19-16(21-20-11)13-3-2-8-25(9-13)15(27)10-26-23-17(22-24-26)12-4-6-14(18)7-5-12/h4-7,13H,2-3,8-10H2,1H3,(H,19,20,21)/t13-/m0/s1. The summed E-state index contributed by atoms with van der Waals surface area (Å²) in [7, 11) is 0. The van der Waals surface area contributed by atoms with E-state index in [9.17, 15) is 9.18 Å². The number of nitrogens with one attached hydrogen (secondary N) is 1. The van der Waals surface area contributed by atoms with Crippen LogP contribution in [0.3, 0.4) is 0 Å². The van der Waals surface area contributed by atoms with Gasteiger partial charge in [0.2, 0.25) is 11.7 Å². The zero-order valence-corrected chi connectivity index (χ0v) is 14.8. The molecule has 0 spiro atoms. The number of hydrogen-bond donors (Lipinski definition) is 1. The first-order chi connectivity index (χ1) is 13.1. The minimum atomic E-state index is -0.331. The minimum absolute atomic E-state index is 0.00787. The molecule has 1 aromatic carbocycles. The fourth-order valence-electron chi connectivity index (χ4n) is 3.20. The first-order valence-electron chi connectivity index (χ1n) is 8.79. The Hall–Kier alpha value is -3.17. The molecule has 10 heteroatoms. The van der Waals surface area contributed by atoms with Gasteiger partial charge in [-0.25, -0.2) is 9.37 Å². The normalized spacial score (nSPS) is 17.3. The number of piperidine rings is 1. The lowest BCUT2D eigenvalue weighted by Gasteiger charge is -2.31. The fourth-order valence-corrected chi connectivity index (χ4v) is 3.20. The smallest absolute Gasteiger partial charge is 0.246 e. The van der Waals surface area contributed by atoms with E-state index in [2.05, 4.69) is 30.6 Å². The molecule has 3 aromatic rings. The average Bonchev–Trinajstić information content (AvgIpc) is 3.32. The van der Waals surface area contributed by atoms with Crippen LogP contribution in [0.25, 0.3) is 11.4 Å². The number of likely N-dealkylation sites (tertiary alicyclic amines) is 1. The van der Waals surface area contributed by atoms with E-state index in [4.69, 9.17) is 0 Å². The average molecular weight is 370 g/mol. The number of amides is 1. The predicted octanol–water partition coefficient (Wildman–Crippen LogP) is 1.31. The lowest BCUT2D eigenvalue weighted by molar-refractivity contribution is -0.133. The van der Waals surface area contributed by atoms with Crippen molar-refractivity contribution in [3.63, 3.8) is 0 Å². The van der Waals surface area contributed by atoms with Crippen LogP contribution in [-0.4, -0.2) is 59.3 Å². The van der Waals surface area contributed by atoms with Crippen molar-refractivity contribution in [2.45, 2.75) is 32.2 Å². The van der Waals surface area contributed by atoms with Gasteiger partial charge in [0.05, 0.1) is 0 Å². The number of benzene rings is 1. The molecule has 9 nitrogen and oxygen atoms in total. The maximum atomic E-state index is 13.0. The molecule has 27 heavy (non-hydrogen) atoms. The highest BCUT2D eigenvalue weighted by molar-refractivity contribution is 5.76. The minimum Gasteiger partial charge on any atom is -0.340 e. The summed E-state index contributed by atoms with van der Waals surface area (Å²) in [4.78, 5) is 20.1. The molecule has 4 rings (SSSR count). The molecule has 0 radical (unpaired) electrons. The van der Waals surface area contributed by atoms with Crippen molar-refractivity contribution in [3.8, 4) is 11.4 Å². The molecule has 1 aliphatic rings. The first kappa shape index (κ1) is 17.3. The molecule has 3 heterocycles. The van der Waals surface area contributed by atoms with Gasteiger partial charge in [0.15, 0.2) is 5.82 Å². The summed E-state index contributed by atoms with van der Waals surface area (Å²) in [6.07, 6.45) is 1.85. The van der Waals surface area contributed by atoms with Gasteiger partial charge in [-0.2, -0.15) is 9.90 Å². The van der Waals surface area contributed by atoms with Crippen LogP contribution in [-0.2, 0) is 11.3 Å². The lowest BCUT2D eigenvalue weighted by Crippen LogP contribution is -2.41. The van der Waals surface area contributed by atoms with Crippen LogP contribution in [0.2, 0.25) is 0 Å². The van der Waals surface area contributed by atoms with Gasteiger partial charge in [-0.05, 0) is 49.2 Å². The third-order valence-corrected chi connectivity index (χ3v) is 4.59. The van der Waals surface area contributed by atoms with E-state index in [1.54, 1.807) is 17.0 Å². The predicted molar refractivity (Wildman–Crippen MR) is 92.9 cm³/mol. The third kappa shape index (κ3) is 3.83. The molecular weight excluding hydrogens is 351 g/mol. The number of nitrogens with zero attached hydrogens (tertiary/aromatic N) is 7. The van der Waals surface area contributed by atoms with Crippen molar-refractivity contribution in [1.82, 2.24) is 40.3 Å². The second kappa shape index (κ2) is 7.22. The van der Waals surface area contributed by atoms with Gasteiger partial charge in [0, 0.05) is 24.6 Å². The molecular formula is C17H19FN8O. The van der Waals surface area contributed by atoms with Crippen molar-refractivity contribution in [2.75, 3.05) is 13.1 Å². The Balaban J connectivity index is 1.41. The highest BCUT2D eigenvalue weighted by Crippen LogP contribution is 2.24. The van der Waals surface area contributed by atoms with Crippen LogP contribution in [0.15, 0.2) is 24.3 Å². The molecule has 0 bridgehead atoms. The topological polar surface area (TPSA) is 105 Å². The van der Waals surface area contributed by atoms with Gasteiger partial charge < -0.3 is 4.90 Å². The highest BCUT2D eigenvalue weighted by Gasteiger charge is 2.27. The summed E-state index contributed by atoms with van der Waals surface area (Å²) < 4.78 is 13.0. The van der Waals surface area contributed by atoms with Crippen LogP contribution in [0, 0.1) is 12.7 Å². The van der Waals surface area contributed by atoms with Gasteiger partial charge in [0.1, 0.15) is 18.2 Å². The van der Waals surface area contributed by atoms with Crippen molar-refractivity contribution in [3.05, 3.63) is 41.7 Å². The van der Waals surface area contributed by atoms with Crippen molar-refractivity contribution >= 4 is 5.91 Å². The van der Waals surface area contributed by atoms with Gasteiger partial charge in [0.25, 0.3) is 0 Å². The Morgan fingerprint density at radius 2 is 2.15 bits per heavy atom. The zero-order valence-electron chi connectivity index (χ0n) is 14.8. The Kier molecular flexibility index (Phi) is 4.61. The molecule has 0 unspecified atom stereocenters. The molecule has 1 N–H and O–H groups in total. The summed E-state index contributed by atoms with van der Waals surface area (Å²) in [6, 6.07) is 5.82. The van der Waals surface area contributed by atoms with E-state index in [0.717, 1.165) is 24.5 Å². The number of tetrazole rings is 1. The van der Waals surface area contributed by atoms with Crippen LogP contribution < -0.4 is 0 Å². The van der Waals surface area contributed by atoms with Gasteiger partial charge in [-0.3, -0.25) is 9.89 Å². The summed E-state index contributed by atoms with van der Waals surface area (Å²) in [5.41, 5.74) is 0.646. The number of aryl methyl sites for hydroxylation is 1. The number of carbonyl (C=O) groups is 1. The van der Waals surface area contributed by atoms with Gasteiger partial charge >= 0.3 is 0 Å². The monoisotopic (exact) mass is 370 g/mol. The molecule has 0 saturated carbocycles. The number of aromatic nitrogens is 7. The zero-order chi connectivity index (χ0) is 18.8. The molecule has 0 aliphatic carbocycles. The van der Waals surface area contributed by atoms with Crippen LogP contribution in [0.1, 0.15) is 30.4 Å². The first-order valence-corrected chi connectivity index (χ1v) is 8.79. The molecule has 2 aromatic heterocycles. The molecule has 140 valence electrons. The SMILES string of the molecule is Cc1nc([C@H]2CCCN(C(=O)Cn3nnc(-c4ccc(F)cc4)n3)C2)n[nH]1. The quantitative estimate of drug-likeness (QED) is 0.742. The summed E-state index contributed by atoms with van der Waals surface area (Å²) in [5, 5.41) is 19.2. The number of halogens is 1. The number of carbonyl (C=O) groups excluding carboxylic acids is 1. The maximum Gasteiger partial charge on any atom is 0.246 e. The van der Waals surface area contributed by atoms with Crippen molar-refractivity contribution in [2.24, 2.45) is 0 Å². The van der Waals surface area contributed by atoms with E-state index < -0.39 is 0 Å². The summed E-state index contributed by atoms with van der Waals surface area (Å²) in [6.45, 7) is 3.14. The highest BCUT2D eigenvalue weighted by atomic mass is 19.1. The Morgan fingerprint density at radius 3 is 2.89 bits per heavy atom. The van der Waals surface area contributed by atoms with E-state index in [-0.39, 0.29) is 24.2 Å². The second-order valence-electron chi connectivity index (χ2n) is 6.61. The van der Waals surface area contributed by atoms with Crippen molar-refractivity contribution in [1.29, 1.82) is 0 Å². The molecule has 1 aliphatic heterocycles. The van der Waals surface area contributed by atoms with Crippen LogP contribution in [0.4, 0.5) is 4.39 Å². The van der Waals surface area contributed by atoms with E-state index >= 15 is 0 Å². The van der Waals surface area contributed by atoms with Crippen molar-refractivity contribution < 1.29 is 9.18 Å². The van der Waals surface area contributed by atoms with Gasteiger partial charge in [-0.15, -0.1) is 10.2 Å². The Bertz CT molecular complexity index is 935. The largest absolute Gasteiger partial charge is 0.340 e. The molecule has 1 atom stereocenters. The molecule has 1 amide bonds. The lowest BCUT2D eigenvalue weighted by atomic mass is 9.97. The van der Waals surface area contributed by atoms with Gasteiger partial charge in [-0.1, -0.05) is 0 Å². The molecule has 1 saturated heterocycles. The second-order valence-corrected chi connectivity index (χ2v) is 6.61. The van der Waals surface area contributed by atoms with E-state index in [1.807, 2.05) is 6.92 Å². The van der Waals surface area contributed by atoms with E-state index in [1.165, 1.54) is 16.9 Å². The third-order valence-electron chi connectivity index (χ3n) is 4.59. The Morgan fingerprint density at radius 1 is 1.33 bits per heavy atom. The number of H-pyrrole nitrogens is 1. The molecule has 1 fully saturated rings. The maximum absolute atomic E-state index is 13.0.